The number of rotatable bonds is 2. The first-order chi connectivity index (χ1) is 8.59. The molecule has 18 heavy (non-hydrogen) atoms. The van der Waals surface area contributed by atoms with Crippen LogP contribution in [0.25, 0.3) is 0 Å². The third kappa shape index (κ3) is 2.45. The third-order valence-electron chi connectivity index (χ3n) is 3.06. The first kappa shape index (κ1) is 12.4. The molecule has 5 nitrogen and oxygen atoms in total. The zero-order valence-electron chi connectivity index (χ0n) is 10.1. The van der Waals surface area contributed by atoms with Gasteiger partial charge in [0.1, 0.15) is 11.8 Å². The van der Waals surface area contributed by atoms with E-state index < -0.39 is 18.1 Å². The molecule has 0 aliphatic carbocycles. The van der Waals surface area contributed by atoms with Gasteiger partial charge in [-0.2, -0.15) is 0 Å². The van der Waals surface area contributed by atoms with Crippen LogP contribution >= 0.6 is 0 Å². The Morgan fingerprint density at radius 2 is 2.11 bits per heavy atom. The van der Waals surface area contributed by atoms with Gasteiger partial charge in [0.05, 0.1) is 0 Å². The molecule has 1 aromatic rings. The van der Waals surface area contributed by atoms with Crippen molar-refractivity contribution in [2.45, 2.75) is 25.8 Å². The summed E-state index contributed by atoms with van der Waals surface area (Å²) in [6.07, 6.45) is 0.590. The lowest BCUT2D eigenvalue weighted by Gasteiger charge is -2.21. The number of aryl methyl sites for hydroxylation is 1. The summed E-state index contributed by atoms with van der Waals surface area (Å²) >= 11 is 0. The van der Waals surface area contributed by atoms with Crippen molar-refractivity contribution in [2.24, 2.45) is 0 Å². The van der Waals surface area contributed by atoms with E-state index in [0.29, 0.717) is 25.1 Å². The number of aliphatic carboxylic acids is 1. The maximum atomic E-state index is 11.9. The highest BCUT2D eigenvalue weighted by Gasteiger charge is 2.35. The van der Waals surface area contributed by atoms with E-state index in [4.69, 9.17) is 9.84 Å². The fraction of sp³-hybridized carbons (Fsp3) is 0.385. The van der Waals surface area contributed by atoms with Gasteiger partial charge in [-0.1, -0.05) is 18.2 Å². The van der Waals surface area contributed by atoms with Gasteiger partial charge in [-0.15, -0.1) is 0 Å². The van der Waals surface area contributed by atoms with Crippen LogP contribution in [0, 0.1) is 6.92 Å². The molecule has 1 saturated heterocycles. The Kier molecular flexibility index (Phi) is 3.50. The van der Waals surface area contributed by atoms with Crippen molar-refractivity contribution in [3.63, 3.8) is 0 Å². The van der Waals surface area contributed by atoms with E-state index in [0.717, 1.165) is 5.56 Å². The number of para-hydroxylation sites is 1. The average molecular weight is 249 g/mol. The van der Waals surface area contributed by atoms with Crippen LogP contribution in [0.15, 0.2) is 24.3 Å². The molecule has 2 rings (SSSR count). The fourth-order valence-corrected chi connectivity index (χ4v) is 2.07. The minimum Gasteiger partial charge on any atom is -0.480 e. The second-order valence-corrected chi connectivity index (χ2v) is 4.32. The van der Waals surface area contributed by atoms with Crippen LogP contribution in [0.3, 0.4) is 0 Å². The molecule has 1 N–H and O–H groups in total. The molecule has 1 aliphatic heterocycles. The number of ether oxygens (including phenoxy) is 1. The summed E-state index contributed by atoms with van der Waals surface area (Å²) in [5, 5.41) is 9.00. The van der Waals surface area contributed by atoms with E-state index in [-0.39, 0.29) is 0 Å². The first-order valence-corrected chi connectivity index (χ1v) is 5.86. The molecule has 1 aliphatic rings. The predicted octanol–water partition coefficient (Wildman–Crippen LogP) is 2.04. The summed E-state index contributed by atoms with van der Waals surface area (Å²) in [5.41, 5.74) is 0.844. The monoisotopic (exact) mass is 249 g/mol. The van der Waals surface area contributed by atoms with Crippen LogP contribution in [0.1, 0.15) is 18.4 Å². The molecule has 1 atom stereocenters. The molecular formula is C13H15NO4. The minimum absolute atomic E-state index is 0.432. The topological polar surface area (TPSA) is 66.8 Å². The van der Waals surface area contributed by atoms with Gasteiger partial charge in [0.15, 0.2) is 0 Å². The van der Waals surface area contributed by atoms with Crippen LogP contribution in [-0.2, 0) is 4.79 Å². The molecule has 1 heterocycles. The number of hydrogen-bond acceptors (Lipinski definition) is 3. The van der Waals surface area contributed by atoms with Crippen molar-refractivity contribution >= 4 is 12.1 Å². The Hall–Kier alpha value is -2.04. The Labute approximate surface area is 105 Å². The number of amides is 1. The zero-order valence-corrected chi connectivity index (χ0v) is 10.1. The molecule has 1 fully saturated rings. The number of carbonyl (C=O) groups is 2. The summed E-state index contributed by atoms with van der Waals surface area (Å²) in [6.45, 7) is 2.27. The molecule has 0 aromatic heterocycles. The van der Waals surface area contributed by atoms with Gasteiger partial charge in [0.25, 0.3) is 0 Å². The largest absolute Gasteiger partial charge is 0.480 e. The van der Waals surface area contributed by atoms with E-state index in [1.54, 1.807) is 12.1 Å². The van der Waals surface area contributed by atoms with E-state index in [2.05, 4.69) is 0 Å². The van der Waals surface area contributed by atoms with Crippen molar-refractivity contribution in [3.05, 3.63) is 29.8 Å². The Morgan fingerprint density at radius 1 is 1.39 bits per heavy atom. The molecule has 1 unspecified atom stereocenters. The number of carboxylic acid groups (broad SMARTS) is 1. The van der Waals surface area contributed by atoms with E-state index in [9.17, 15) is 9.59 Å². The van der Waals surface area contributed by atoms with Crippen molar-refractivity contribution in [1.82, 2.24) is 4.90 Å². The number of hydrogen-bond donors (Lipinski definition) is 1. The molecule has 0 bridgehead atoms. The maximum Gasteiger partial charge on any atom is 0.415 e. The van der Waals surface area contributed by atoms with Gasteiger partial charge in [-0.05, 0) is 31.4 Å². The molecule has 0 saturated carbocycles. The Morgan fingerprint density at radius 3 is 2.78 bits per heavy atom. The summed E-state index contributed by atoms with van der Waals surface area (Å²) in [5.74, 6) is -0.507. The van der Waals surface area contributed by atoms with Crippen LogP contribution < -0.4 is 4.74 Å². The number of carboxylic acids is 1. The van der Waals surface area contributed by atoms with Crippen molar-refractivity contribution in [3.8, 4) is 5.75 Å². The van der Waals surface area contributed by atoms with Crippen molar-refractivity contribution in [2.75, 3.05) is 6.54 Å². The smallest absolute Gasteiger partial charge is 0.415 e. The van der Waals surface area contributed by atoms with Crippen LogP contribution in [0.5, 0.6) is 5.75 Å². The number of benzene rings is 1. The second-order valence-electron chi connectivity index (χ2n) is 4.32. The summed E-state index contributed by atoms with van der Waals surface area (Å²) in [6, 6.07) is 6.39. The molecule has 1 aromatic carbocycles. The lowest BCUT2D eigenvalue weighted by atomic mass is 10.2. The Balaban J connectivity index is 2.08. The van der Waals surface area contributed by atoms with Crippen molar-refractivity contribution < 1.29 is 19.4 Å². The van der Waals surface area contributed by atoms with Crippen LogP contribution in [0.2, 0.25) is 0 Å². The molecule has 0 spiro atoms. The fourth-order valence-electron chi connectivity index (χ4n) is 2.07. The van der Waals surface area contributed by atoms with Gasteiger partial charge >= 0.3 is 12.1 Å². The minimum atomic E-state index is -0.978. The molecule has 0 radical (unpaired) electrons. The lowest BCUT2D eigenvalue weighted by molar-refractivity contribution is -0.141. The third-order valence-corrected chi connectivity index (χ3v) is 3.06. The zero-order chi connectivity index (χ0) is 13.1. The Bertz CT molecular complexity index is 472. The first-order valence-electron chi connectivity index (χ1n) is 5.86. The lowest BCUT2D eigenvalue weighted by Crippen LogP contribution is -2.42. The molecule has 1 amide bonds. The summed E-state index contributed by atoms with van der Waals surface area (Å²) in [7, 11) is 0. The quantitative estimate of drug-likeness (QED) is 0.871. The molecular weight excluding hydrogens is 234 g/mol. The van der Waals surface area contributed by atoms with Gasteiger partial charge in [-0.3, -0.25) is 4.90 Å². The molecule has 5 heteroatoms. The van der Waals surface area contributed by atoms with Gasteiger partial charge in [0, 0.05) is 6.54 Å². The second kappa shape index (κ2) is 5.08. The average Bonchev–Trinajstić information content (AvgIpc) is 2.81. The van der Waals surface area contributed by atoms with Crippen LogP contribution in [0.4, 0.5) is 4.79 Å². The number of nitrogens with zero attached hydrogens (tertiary/aromatic N) is 1. The van der Waals surface area contributed by atoms with Crippen LogP contribution in [-0.4, -0.2) is 34.7 Å². The highest BCUT2D eigenvalue weighted by atomic mass is 16.6. The molecule has 96 valence electrons. The normalized spacial score (nSPS) is 18.7. The maximum absolute atomic E-state index is 11.9. The number of likely N-dealkylation sites (tertiary alicyclic amines) is 1. The highest BCUT2D eigenvalue weighted by Crippen LogP contribution is 2.22. The van der Waals surface area contributed by atoms with Gasteiger partial charge in [-0.25, -0.2) is 9.59 Å². The SMILES string of the molecule is Cc1ccccc1OC(=O)N1CCCC1C(=O)O. The standard InChI is InChI=1S/C13H15NO4/c1-9-5-2-3-7-11(9)18-13(17)14-8-4-6-10(14)12(15)16/h2-3,5,7,10H,4,6,8H2,1H3,(H,15,16). The van der Waals surface area contributed by atoms with Gasteiger partial charge < -0.3 is 9.84 Å². The summed E-state index contributed by atoms with van der Waals surface area (Å²) < 4.78 is 5.23. The van der Waals surface area contributed by atoms with E-state index in [1.165, 1.54) is 4.90 Å². The van der Waals surface area contributed by atoms with E-state index >= 15 is 0 Å². The van der Waals surface area contributed by atoms with Crippen molar-refractivity contribution in [1.29, 1.82) is 0 Å². The van der Waals surface area contributed by atoms with E-state index in [1.807, 2.05) is 19.1 Å². The van der Waals surface area contributed by atoms with Gasteiger partial charge in [0.2, 0.25) is 0 Å². The highest BCUT2D eigenvalue weighted by molar-refractivity contribution is 5.81. The summed E-state index contributed by atoms with van der Waals surface area (Å²) in [4.78, 5) is 24.2. The predicted molar refractivity (Wildman–Crippen MR) is 64.6 cm³/mol. The number of carbonyl (C=O) groups excluding carboxylic acids is 1.